The quantitative estimate of drug-likeness (QED) is 0.777. The van der Waals surface area contributed by atoms with Crippen LogP contribution < -0.4 is 5.32 Å². The molecule has 5 nitrogen and oxygen atoms in total. The number of H-pyrrole nitrogens is 1. The Morgan fingerprint density at radius 1 is 1.14 bits per heavy atom. The smallest absolute Gasteiger partial charge is 0.317 e. The Hall–Kier alpha value is -2.82. The SMILES string of the molecule is CN(Cc1nc2ccccc2[nH]1)C(=O)NCc1ccccc1. The van der Waals surface area contributed by atoms with E-state index < -0.39 is 0 Å². The summed E-state index contributed by atoms with van der Waals surface area (Å²) in [5.41, 5.74) is 2.97. The molecule has 3 rings (SSSR count). The summed E-state index contributed by atoms with van der Waals surface area (Å²) in [6, 6.07) is 17.6. The van der Waals surface area contributed by atoms with Crippen LogP contribution in [-0.4, -0.2) is 27.9 Å². The summed E-state index contributed by atoms with van der Waals surface area (Å²) in [6.45, 7) is 0.958. The molecule has 0 aliphatic rings. The number of hydrogen-bond acceptors (Lipinski definition) is 2. The first-order valence-electron chi connectivity index (χ1n) is 7.19. The number of urea groups is 1. The highest BCUT2D eigenvalue weighted by Crippen LogP contribution is 2.11. The van der Waals surface area contributed by atoms with Gasteiger partial charge in [-0.15, -0.1) is 0 Å². The molecule has 1 aromatic heterocycles. The molecule has 0 saturated carbocycles. The van der Waals surface area contributed by atoms with E-state index in [1.807, 2.05) is 54.6 Å². The summed E-state index contributed by atoms with van der Waals surface area (Å²) < 4.78 is 0. The lowest BCUT2D eigenvalue weighted by Crippen LogP contribution is -2.36. The summed E-state index contributed by atoms with van der Waals surface area (Å²) in [6.07, 6.45) is 0. The number of fused-ring (bicyclic) bond motifs is 1. The van der Waals surface area contributed by atoms with Crippen LogP contribution in [0.2, 0.25) is 0 Å². The van der Waals surface area contributed by atoms with Crippen LogP contribution in [-0.2, 0) is 13.1 Å². The molecule has 2 aromatic carbocycles. The number of para-hydroxylation sites is 2. The maximum absolute atomic E-state index is 12.1. The molecule has 0 saturated heterocycles. The predicted octanol–water partition coefficient (Wildman–Crippen LogP) is 2.90. The maximum Gasteiger partial charge on any atom is 0.317 e. The second-order valence-electron chi connectivity index (χ2n) is 5.20. The van der Waals surface area contributed by atoms with Crippen molar-refractivity contribution in [3.05, 3.63) is 66.0 Å². The molecule has 3 aromatic rings. The Balaban J connectivity index is 1.58. The van der Waals surface area contributed by atoms with Crippen molar-refractivity contribution < 1.29 is 4.79 Å². The zero-order valence-corrected chi connectivity index (χ0v) is 12.4. The summed E-state index contributed by atoms with van der Waals surface area (Å²) in [7, 11) is 1.76. The van der Waals surface area contributed by atoms with Crippen molar-refractivity contribution in [3.63, 3.8) is 0 Å². The topological polar surface area (TPSA) is 61.0 Å². The number of benzene rings is 2. The van der Waals surface area contributed by atoms with Crippen molar-refractivity contribution >= 4 is 17.1 Å². The number of nitrogens with zero attached hydrogens (tertiary/aromatic N) is 2. The molecule has 22 heavy (non-hydrogen) atoms. The van der Waals surface area contributed by atoms with Crippen molar-refractivity contribution in [1.82, 2.24) is 20.2 Å². The van der Waals surface area contributed by atoms with E-state index in [9.17, 15) is 4.79 Å². The van der Waals surface area contributed by atoms with Crippen molar-refractivity contribution in [2.24, 2.45) is 0 Å². The molecule has 5 heteroatoms. The number of carbonyl (C=O) groups excluding carboxylic acids is 1. The minimum atomic E-state index is -0.121. The highest BCUT2D eigenvalue weighted by Gasteiger charge is 2.11. The second kappa shape index (κ2) is 6.30. The predicted molar refractivity (Wildman–Crippen MR) is 86.2 cm³/mol. The standard InChI is InChI=1S/C17H18N4O/c1-21(17(22)18-11-13-7-3-2-4-8-13)12-16-19-14-9-5-6-10-15(14)20-16/h2-10H,11-12H2,1H3,(H,18,22)(H,19,20). The highest BCUT2D eigenvalue weighted by molar-refractivity contribution is 5.75. The number of nitrogens with one attached hydrogen (secondary N) is 2. The molecular formula is C17H18N4O. The first kappa shape index (κ1) is 14.1. The average Bonchev–Trinajstić information content (AvgIpc) is 2.95. The number of amides is 2. The van der Waals surface area contributed by atoms with E-state index >= 15 is 0 Å². The third kappa shape index (κ3) is 3.25. The van der Waals surface area contributed by atoms with Gasteiger partial charge in [0.2, 0.25) is 0 Å². The van der Waals surface area contributed by atoms with E-state index in [1.165, 1.54) is 0 Å². The van der Waals surface area contributed by atoms with Crippen LogP contribution in [0.25, 0.3) is 11.0 Å². The van der Waals surface area contributed by atoms with Crippen molar-refractivity contribution in [2.45, 2.75) is 13.1 Å². The van der Waals surface area contributed by atoms with Crippen molar-refractivity contribution in [1.29, 1.82) is 0 Å². The van der Waals surface area contributed by atoms with Gasteiger partial charge < -0.3 is 15.2 Å². The van der Waals surface area contributed by atoms with Gasteiger partial charge in [-0.2, -0.15) is 0 Å². The zero-order chi connectivity index (χ0) is 15.4. The minimum Gasteiger partial charge on any atom is -0.340 e. The van der Waals surface area contributed by atoms with E-state index in [-0.39, 0.29) is 6.03 Å². The second-order valence-corrected chi connectivity index (χ2v) is 5.20. The van der Waals surface area contributed by atoms with Gasteiger partial charge in [-0.05, 0) is 17.7 Å². The number of aromatic nitrogens is 2. The first-order valence-corrected chi connectivity index (χ1v) is 7.19. The monoisotopic (exact) mass is 294 g/mol. The van der Waals surface area contributed by atoms with Gasteiger partial charge in [-0.1, -0.05) is 42.5 Å². The Kier molecular flexibility index (Phi) is 4.05. The Morgan fingerprint density at radius 3 is 2.64 bits per heavy atom. The Morgan fingerprint density at radius 2 is 1.86 bits per heavy atom. The molecule has 0 spiro atoms. The largest absolute Gasteiger partial charge is 0.340 e. The fraction of sp³-hybridized carbons (Fsp3) is 0.176. The van der Waals surface area contributed by atoms with Crippen LogP contribution in [0.3, 0.4) is 0 Å². The lowest BCUT2D eigenvalue weighted by atomic mass is 10.2. The molecule has 2 amide bonds. The molecule has 0 radical (unpaired) electrons. The van der Waals surface area contributed by atoms with E-state index in [0.717, 1.165) is 22.4 Å². The average molecular weight is 294 g/mol. The molecule has 0 fully saturated rings. The van der Waals surface area contributed by atoms with Gasteiger partial charge >= 0.3 is 6.03 Å². The van der Waals surface area contributed by atoms with Gasteiger partial charge in [0.25, 0.3) is 0 Å². The van der Waals surface area contributed by atoms with Gasteiger partial charge in [0, 0.05) is 13.6 Å². The number of rotatable bonds is 4. The van der Waals surface area contributed by atoms with Gasteiger partial charge in [-0.25, -0.2) is 9.78 Å². The van der Waals surface area contributed by atoms with Crippen LogP contribution >= 0.6 is 0 Å². The molecule has 0 atom stereocenters. The summed E-state index contributed by atoms with van der Waals surface area (Å²) in [5, 5.41) is 2.90. The van der Waals surface area contributed by atoms with E-state index in [4.69, 9.17) is 0 Å². The number of imidazole rings is 1. The first-order chi connectivity index (χ1) is 10.7. The fourth-order valence-corrected chi connectivity index (χ4v) is 2.29. The van der Waals surface area contributed by atoms with E-state index in [2.05, 4.69) is 15.3 Å². The minimum absolute atomic E-state index is 0.121. The van der Waals surface area contributed by atoms with Gasteiger partial charge in [0.05, 0.1) is 17.6 Å². The molecule has 112 valence electrons. The summed E-state index contributed by atoms with van der Waals surface area (Å²) >= 11 is 0. The number of carbonyl (C=O) groups is 1. The molecule has 0 aliphatic heterocycles. The van der Waals surface area contributed by atoms with Gasteiger partial charge in [0.15, 0.2) is 0 Å². The third-order valence-electron chi connectivity index (χ3n) is 3.46. The molecule has 1 heterocycles. The summed E-state index contributed by atoms with van der Waals surface area (Å²) in [5.74, 6) is 0.776. The number of hydrogen-bond donors (Lipinski definition) is 2. The van der Waals surface area contributed by atoms with Crippen LogP contribution in [0.5, 0.6) is 0 Å². The van der Waals surface area contributed by atoms with Crippen molar-refractivity contribution in [3.8, 4) is 0 Å². The van der Waals surface area contributed by atoms with Crippen LogP contribution in [0.15, 0.2) is 54.6 Å². The number of aromatic amines is 1. The lowest BCUT2D eigenvalue weighted by Gasteiger charge is -2.16. The lowest BCUT2D eigenvalue weighted by molar-refractivity contribution is 0.205. The van der Waals surface area contributed by atoms with E-state index in [1.54, 1.807) is 11.9 Å². The maximum atomic E-state index is 12.1. The van der Waals surface area contributed by atoms with Crippen LogP contribution in [0.1, 0.15) is 11.4 Å². The van der Waals surface area contributed by atoms with Crippen molar-refractivity contribution in [2.75, 3.05) is 7.05 Å². The summed E-state index contributed by atoms with van der Waals surface area (Å²) in [4.78, 5) is 21.4. The molecule has 0 aliphatic carbocycles. The molecule has 2 N–H and O–H groups in total. The van der Waals surface area contributed by atoms with E-state index in [0.29, 0.717) is 13.1 Å². The third-order valence-corrected chi connectivity index (χ3v) is 3.46. The molecular weight excluding hydrogens is 276 g/mol. The molecule has 0 bridgehead atoms. The Bertz CT molecular complexity index is 733. The fourth-order valence-electron chi connectivity index (χ4n) is 2.29. The van der Waals surface area contributed by atoms with Crippen LogP contribution in [0.4, 0.5) is 4.79 Å². The van der Waals surface area contributed by atoms with Crippen LogP contribution in [0, 0.1) is 0 Å². The van der Waals surface area contributed by atoms with Gasteiger partial charge in [0.1, 0.15) is 5.82 Å². The molecule has 0 unspecified atom stereocenters. The zero-order valence-electron chi connectivity index (χ0n) is 12.4. The Labute approximate surface area is 129 Å². The highest BCUT2D eigenvalue weighted by atomic mass is 16.2. The normalized spacial score (nSPS) is 10.6. The van der Waals surface area contributed by atoms with Gasteiger partial charge in [-0.3, -0.25) is 0 Å².